The summed E-state index contributed by atoms with van der Waals surface area (Å²) in [6.45, 7) is 0. The molecule has 0 amide bonds. The van der Waals surface area contributed by atoms with Gasteiger partial charge in [0.25, 0.3) is 0 Å². The molecule has 0 aliphatic rings. The Morgan fingerprint density at radius 3 is 2.60 bits per heavy atom. The molecule has 0 bridgehead atoms. The topological polar surface area (TPSA) is 56.6 Å². The lowest BCUT2D eigenvalue weighted by Crippen LogP contribution is -2.07. The molecule has 2 aromatic rings. The summed E-state index contributed by atoms with van der Waals surface area (Å²) in [7, 11) is 0. The minimum Gasteiger partial charge on any atom is -0.360 e. The molecule has 0 fully saturated rings. The van der Waals surface area contributed by atoms with E-state index in [1.807, 2.05) is 0 Å². The quantitative estimate of drug-likeness (QED) is 0.712. The van der Waals surface area contributed by atoms with Crippen LogP contribution in [0.4, 0.5) is 8.78 Å². The van der Waals surface area contributed by atoms with Crippen LogP contribution in [0.1, 0.15) is 5.56 Å². The monoisotopic (exact) mass is 206 g/mol. The van der Waals surface area contributed by atoms with Gasteiger partial charge in [0.2, 0.25) is 5.43 Å². The van der Waals surface area contributed by atoms with Crippen molar-refractivity contribution in [2.75, 3.05) is 0 Å². The molecule has 1 N–H and O–H groups in total. The van der Waals surface area contributed by atoms with E-state index in [0.717, 1.165) is 12.1 Å². The lowest BCUT2D eigenvalue weighted by molar-refractivity contribution is 0.510. The first-order valence-corrected chi connectivity index (χ1v) is 4.04. The predicted octanol–water partition coefficient (Wildman–Crippen LogP) is 1.68. The van der Waals surface area contributed by atoms with Crippen LogP contribution in [0, 0.1) is 23.0 Å². The summed E-state index contributed by atoms with van der Waals surface area (Å²) >= 11 is 0. The van der Waals surface area contributed by atoms with Gasteiger partial charge in [0, 0.05) is 17.6 Å². The van der Waals surface area contributed by atoms with E-state index in [2.05, 4.69) is 4.98 Å². The number of hydrogen-bond donors (Lipinski definition) is 1. The van der Waals surface area contributed by atoms with Crippen molar-refractivity contribution in [1.82, 2.24) is 4.98 Å². The molecule has 0 saturated carbocycles. The number of nitriles is 1. The van der Waals surface area contributed by atoms with Crippen molar-refractivity contribution in [3.63, 3.8) is 0 Å². The second-order valence-electron chi connectivity index (χ2n) is 2.96. The molecule has 1 aromatic carbocycles. The van der Waals surface area contributed by atoms with Gasteiger partial charge in [-0.1, -0.05) is 0 Å². The fourth-order valence-electron chi connectivity index (χ4n) is 1.30. The highest BCUT2D eigenvalue weighted by Gasteiger charge is 2.09. The summed E-state index contributed by atoms with van der Waals surface area (Å²) in [5.41, 5.74) is -0.573. The van der Waals surface area contributed by atoms with E-state index < -0.39 is 17.1 Å². The van der Waals surface area contributed by atoms with E-state index >= 15 is 0 Å². The van der Waals surface area contributed by atoms with Crippen LogP contribution in [0.25, 0.3) is 10.9 Å². The molecule has 1 aromatic heterocycles. The molecular formula is C10H4F2N2O. The lowest BCUT2D eigenvalue weighted by atomic mass is 10.1. The third kappa shape index (κ3) is 1.36. The molecule has 0 aliphatic carbocycles. The smallest absolute Gasteiger partial charge is 0.207 e. The number of halogens is 2. The zero-order valence-corrected chi connectivity index (χ0v) is 7.34. The fraction of sp³-hybridized carbons (Fsp3) is 0. The molecule has 0 radical (unpaired) electrons. The van der Waals surface area contributed by atoms with Crippen LogP contribution in [-0.4, -0.2) is 4.98 Å². The Bertz CT molecular complexity index is 640. The van der Waals surface area contributed by atoms with Crippen molar-refractivity contribution in [2.24, 2.45) is 0 Å². The highest BCUT2D eigenvalue weighted by molar-refractivity contribution is 5.79. The van der Waals surface area contributed by atoms with Crippen LogP contribution >= 0.6 is 0 Å². The van der Waals surface area contributed by atoms with E-state index in [1.165, 1.54) is 6.20 Å². The Morgan fingerprint density at radius 2 is 1.93 bits per heavy atom. The largest absolute Gasteiger partial charge is 0.360 e. The van der Waals surface area contributed by atoms with Crippen LogP contribution in [0.2, 0.25) is 0 Å². The number of nitrogens with one attached hydrogen (secondary N) is 1. The van der Waals surface area contributed by atoms with Gasteiger partial charge >= 0.3 is 0 Å². The number of pyridine rings is 1. The number of aromatic amines is 1. The fourth-order valence-corrected chi connectivity index (χ4v) is 1.30. The number of nitrogens with zero attached hydrogens (tertiary/aromatic N) is 1. The number of fused-ring (bicyclic) bond motifs is 1. The van der Waals surface area contributed by atoms with Crippen molar-refractivity contribution < 1.29 is 8.78 Å². The summed E-state index contributed by atoms with van der Waals surface area (Å²) in [6, 6.07) is 3.33. The van der Waals surface area contributed by atoms with Crippen LogP contribution < -0.4 is 5.43 Å². The van der Waals surface area contributed by atoms with Gasteiger partial charge < -0.3 is 4.98 Å². The Labute approximate surface area is 82.6 Å². The zero-order chi connectivity index (χ0) is 11.0. The third-order valence-electron chi connectivity index (χ3n) is 2.04. The summed E-state index contributed by atoms with van der Waals surface area (Å²) in [5, 5.41) is 8.53. The SMILES string of the molecule is N#Cc1c[nH]c2cc(F)c(F)cc2c1=O. The first kappa shape index (κ1) is 9.34. The van der Waals surface area contributed by atoms with Gasteiger partial charge in [0.05, 0.1) is 5.52 Å². The van der Waals surface area contributed by atoms with Crippen molar-refractivity contribution in [3.8, 4) is 6.07 Å². The van der Waals surface area contributed by atoms with Gasteiger partial charge in [-0.05, 0) is 6.07 Å². The summed E-state index contributed by atoms with van der Waals surface area (Å²) in [6.07, 6.45) is 1.17. The van der Waals surface area contributed by atoms with E-state index in [1.54, 1.807) is 6.07 Å². The van der Waals surface area contributed by atoms with Crippen LogP contribution in [0.3, 0.4) is 0 Å². The van der Waals surface area contributed by atoms with Gasteiger partial charge in [-0.2, -0.15) is 5.26 Å². The second kappa shape index (κ2) is 3.17. The predicted molar refractivity (Wildman–Crippen MR) is 49.2 cm³/mol. The lowest BCUT2D eigenvalue weighted by Gasteiger charge is -1.99. The molecule has 5 heteroatoms. The van der Waals surface area contributed by atoms with Crippen molar-refractivity contribution in [2.45, 2.75) is 0 Å². The van der Waals surface area contributed by atoms with Gasteiger partial charge in [-0.25, -0.2) is 8.78 Å². The molecule has 0 atom stereocenters. The zero-order valence-electron chi connectivity index (χ0n) is 7.34. The highest BCUT2D eigenvalue weighted by Crippen LogP contribution is 2.13. The number of hydrogen-bond acceptors (Lipinski definition) is 2. The molecule has 0 spiro atoms. The minimum atomic E-state index is -1.11. The van der Waals surface area contributed by atoms with Crippen molar-refractivity contribution >= 4 is 10.9 Å². The molecule has 3 nitrogen and oxygen atoms in total. The summed E-state index contributed by atoms with van der Waals surface area (Å²) in [5.74, 6) is -2.15. The van der Waals surface area contributed by atoms with Crippen LogP contribution in [0.5, 0.6) is 0 Å². The van der Waals surface area contributed by atoms with Crippen LogP contribution in [0.15, 0.2) is 23.1 Å². The molecule has 0 saturated heterocycles. The van der Waals surface area contributed by atoms with E-state index in [9.17, 15) is 13.6 Å². The first-order chi connectivity index (χ1) is 7.13. The molecule has 15 heavy (non-hydrogen) atoms. The molecule has 74 valence electrons. The molecular weight excluding hydrogens is 202 g/mol. The average Bonchev–Trinajstić information content (AvgIpc) is 2.22. The Kier molecular flexibility index (Phi) is 1.97. The minimum absolute atomic E-state index is 0.0343. The van der Waals surface area contributed by atoms with Gasteiger partial charge in [-0.15, -0.1) is 0 Å². The van der Waals surface area contributed by atoms with E-state index in [4.69, 9.17) is 5.26 Å². The molecule has 0 unspecified atom stereocenters. The standard InChI is InChI=1S/C10H4F2N2O/c11-7-1-6-9(2-8(7)12)14-4-5(3-13)10(6)15/h1-2,4H,(H,14,15). The molecule has 2 rings (SSSR count). The average molecular weight is 206 g/mol. The molecule has 0 aliphatic heterocycles. The highest BCUT2D eigenvalue weighted by atomic mass is 19.2. The maximum Gasteiger partial charge on any atom is 0.207 e. The summed E-state index contributed by atoms with van der Waals surface area (Å²) in [4.78, 5) is 14.0. The number of aromatic nitrogens is 1. The molecule has 1 heterocycles. The maximum absolute atomic E-state index is 12.9. The van der Waals surface area contributed by atoms with Crippen molar-refractivity contribution in [3.05, 3.63) is 45.8 Å². The second-order valence-corrected chi connectivity index (χ2v) is 2.96. The number of H-pyrrole nitrogens is 1. The van der Waals surface area contributed by atoms with Gasteiger partial charge in [0.15, 0.2) is 11.6 Å². The number of rotatable bonds is 0. The first-order valence-electron chi connectivity index (χ1n) is 4.04. The van der Waals surface area contributed by atoms with Crippen LogP contribution in [-0.2, 0) is 0 Å². The Morgan fingerprint density at radius 1 is 1.27 bits per heavy atom. The Balaban J connectivity index is 2.96. The maximum atomic E-state index is 12.9. The van der Waals surface area contributed by atoms with Gasteiger partial charge in [0.1, 0.15) is 11.6 Å². The summed E-state index contributed by atoms with van der Waals surface area (Å²) < 4.78 is 25.7. The van der Waals surface area contributed by atoms with E-state index in [-0.39, 0.29) is 16.5 Å². The van der Waals surface area contributed by atoms with Gasteiger partial charge in [-0.3, -0.25) is 4.79 Å². The van der Waals surface area contributed by atoms with Crippen molar-refractivity contribution in [1.29, 1.82) is 5.26 Å². The third-order valence-corrected chi connectivity index (χ3v) is 2.04. The number of benzene rings is 1. The normalized spacial score (nSPS) is 10.2. The Hall–Kier alpha value is -2.22. The van der Waals surface area contributed by atoms with E-state index in [0.29, 0.717) is 0 Å².